The molecule has 5 nitrogen and oxygen atoms in total. The molecule has 2 heterocycles. The zero-order valence-corrected chi connectivity index (χ0v) is 14.2. The largest absolute Gasteiger partial charge is 0.342 e. The number of H-pyrrole nitrogens is 1. The minimum Gasteiger partial charge on any atom is -0.342 e. The number of hydrogen-bond acceptors (Lipinski definition) is 4. The lowest BCUT2D eigenvalue weighted by molar-refractivity contribution is -0.130. The fourth-order valence-electron chi connectivity index (χ4n) is 2.64. The third-order valence-electron chi connectivity index (χ3n) is 3.94. The normalized spacial score (nSPS) is 17.1. The lowest BCUT2D eigenvalue weighted by Gasteiger charge is -2.23. The number of aryl methyl sites for hydroxylation is 1. The van der Waals surface area contributed by atoms with Crippen molar-refractivity contribution >= 4 is 17.7 Å². The molecule has 2 rings (SSSR count). The van der Waals surface area contributed by atoms with Gasteiger partial charge in [0, 0.05) is 24.8 Å². The lowest BCUT2D eigenvalue weighted by atomic mass is 10.2. The van der Waals surface area contributed by atoms with E-state index >= 15 is 0 Å². The van der Waals surface area contributed by atoms with Crippen LogP contribution in [0.3, 0.4) is 0 Å². The molecule has 1 aromatic heterocycles. The fraction of sp³-hybridized carbons (Fsp3) is 0.688. The third kappa shape index (κ3) is 4.87. The molecule has 122 valence electrons. The highest BCUT2D eigenvalue weighted by atomic mass is 32.2. The zero-order valence-electron chi connectivity index (χ0n) is 13.4. The van der Waals surface area contributed by atoms with Gasteiger partial charge in [0.25, 0.3) is 5.56 Å². The van der Waals surface area contributed by atoms with Crippen LogP contribution in [0.1, 0.15) is 51.0 Å². The lowest BCUT2D eigenvalue weighted by Crippen LogP contribution is -2.37. The molecule has 1 amide bonds. The summed E-state index contributed by atoms with van der Waals surface area (Å²) in [7, 11) is 0. The molecule has 6 heteroatoms. The first-order valence-electron chi connectivity index (χ1n) is 8.09. The van der Waals surface area contributed by atoms with Crippen LogP contribution in [0, 0.1) is 0 Å². The van der Waals surface area contributed by atoms with Crippen molar-refractivity contribution in [2.24, 2.45) is 0 Å². The highest BCUT2D eigenvalue weighted by Crippen LogP contribution is 2.19. The smallest absolute Gasteiger partial charge is 0.251 e. The second kappa shape index (κ2) is 8.36. The Labute approximate surface area is 135 Å². The molecule has 22 heavy (non-hydrogen) atoms. The van der Waals surface area contributed by atoms with Crippen LogP contribution >= 0.6 is 11.8 Å². The zero-order chi connectivity index (χ0) is 15.9. The molecule has 1 aliphatic rings. The highest BCUT2D eigenvalue weighted by Gasteiger charge is 2.21. The van der Waals surface area contributed by atoms with Crippen LogP contribution in [0.5, 0.6) is 0 Å². The average Bonchev–Trinajstić information content (AvgIpc) is 2.80. The Morgan fingerprint density at radius 2 is 2.05 bits per heavy atom. The van der Waals surface area contributed by atoms with Crippen LogP contribution in [0.2, 0.25) is 0 Å². The Morgan fingerprint density at radius 1 is 1.36 bits per heavy atom. The second-order valence-electron chi connectivity index (χ2n) is 5.73. The Balaban J connectivity index is 1.91. The second-order valence-corrected chi connectivity index (χ2v) is 7.06. The third-order valence-corrected chi connectivity index (χ3v) is 5.08. The van der Waals surface area contributed by atoms with Gasteiger partial charge in [0.15, 0.2) is 0 Å². The van der Waals surface area contributed by atoms with Crippen molar-refractivity contribution in [2.75, 3.05) is 13.1 Å². The number of nitrogens with one attached hydrogen (secondary N) is 1. The van der Waals surface area contributed by atoms with E-state index in [2.05, 4.69) is 9.97 Å². The molecule has 1 aromatic rings. The van der Waals surface area contributed by atoms with E-state index in [1.807, 2.05) is 18.7 Å². The number of rotatable bonds is 5. The van der Waals surface area contributed by atoms with Gasteiger partial charge in [0.1, 0.15) is 5.82 Å². The summed E-state index contributed by atoms with van der Waals surface area (Å²) in [6.45, 7) is 5.68. The van der Waals surface area contributed by atoms with Crippen molar-refractivity contribution in [3.8, 4) is 0 Å². The Hall–Kier alpha value is -1.30. The molecule has 1 atom stereocenters. The predicted molar refractivity (Wildman–Crippen MR) is 90.0 cm³/mol. The average molecular weight is 323 g/mol. The SMILES string of the molecule is CCc1cc(=O)[nH]c(CS[C@H](C)C(=O)N2CCCCCC2)n1. The maximum absolute atomic E-state index is 12.5. The van der Waals surface area contributed by atoms with Gasteiger partial charge >= 0.3 is 0 Å². The molecular formula is C16H25N3O2S. The van der Waals surface area contributed by atoms with Crippen molar-refractivity contribution < 1.29 is 4.79 Å². The Bertz CT molecular complexity index is 551. The molecule has 1 aliphatic heterocycles. The molecule has 0 aliphatic carbocycles. The van der Waals surface area contributed by atoms with E-state index in [-0.39, 0.29) is 16.7 Å². The van der Waals surface area contributed by atoms with Crippen LogP contribution in [0.15, 0.2) is 10.9 Å². The number of amides is 1. The summed E-state index contributed by atoms with van der Waals surface area (Å²) in [6, 6.07) is 1.53. The summed E-state index contributed by atoms with van der Waals surface area (Å²) in [5, 5.41) is -0.103. The van der Waals surface area contributed by atoms with Gasteiger partial charge in [-0.2, -0.15) is 0 Å². The summed E-state index contributed by atoms with van der Waals surface area (Å²) in [4.78, 5) is 33.2. The molecule has 0 bridgehead atoms. The van der Waals surface area contributed by atoms with E-state index < -0.39 is 0 Å². The number of likely N-dealkylation sites (tertiary alicyclic amines) is 1. The van der Waals surface area contributed by atoms with E-state index in [4.69, 9.17) is 0 Å². The molecular weight excluding hydrogens is 298 g/mol. The number of aromatic nitrogens is 2. The molecule has 0 spiro atoms. The fourth-order valence-corrected chi connectivity index (χ4v) is 3.47. The first kappa shape index (κ1) is 17.1. The van der Waals surface area contributed by atoms with Gasteiger partial charge in [0.2, 0.25) is 5.91 Å². The van der Waals surface area contributed by atoms with Crippen molar-refractivity contribution in [3.63, 3.8) is 0 Å². The van der Waals surface area contributed by atoms with Crippen molar-refractivity contribution in [1.29, 1.82) is 0 Å². The van der Waals surface area contributed by atoms with Gasteiger partial charge in [-0.15, -0.1) is 11.8 Å². The standard InChI is InChI=1S/C16H25N3O2S/c1-3-13-10-15(20)18-14(17-13)11-22-12(2)16(21)19-8-6-4-5-7-9-19/h10,12H,3-9,11H2,1-2H3,(H,17,18,20)/t12-/m1/s1. The number of nitrogens with zero attached hydrogens (tertiary/aromatic N) is 2. The summed E-state index contributed by atoms with van der Waals surface area (Å²) < 4.78 is 0. The van der Waals surface area contributed by atoms with Gasteiger partial charge < -0.3 is 9.88 Å². The summed E-state index contributed by atoms with van der Waals surface area (Å²) in [5.41, 5.74) is 0.680. The topological polar surface area (TPSA) is 66.1 Å². The van der Waals surface area contributed by atoms with E-state index in [9.17, 15) is 9.59 Å². The van der Waals surface area contributed by atoms with E-state index in [1.165, 1.54) is 18.9 Å². The molecule has 0 saturated carbocycles. The van der Waals surface area contributed by atoms with Crippen molar-refractivity contribution in [3.05, 3.63) is 27.9 Å². The first-order chi connectivity index (χ1) is 10.6. The summed E-state index contributed by atoms with van der Waals surface area (Å²) >= 11 is 1.54. The van der Waals surface area contributed by atoms with Crippen LogP contribution < -0.4 is 5.56 Å². The molecule has 1 fully saturated rings. The molecule has 0 radical (unpaired) electrons. The van der Waals surface area contributed by atoms with Crippen molar-refractivity contribution in [1.82, 2.24) is 14.9 Å². The number of hydrogen-bond donors (Lipinski definition) is 1. The van der Waals surface area contributed by atoms with Crippen LogP contribution in [-0.4, -0.2) is 39.1 Å². The molecule has 1 saturated heterocycles. The monoisotopic (exact) mass is 323 g/mol. The van der Waals surface area contributed by atoms with E-state index in [0.717, 1.165) is 38.0 Å². The van der Waals surface area contributed by atoms with Crippen molar-refractivity contribution in [2.45, 2.75) is 57.0 Å². The van der Waals surface area contributed by atoms with E-state index in [0.29, 0.717) is 11.6 Å². The number of thioether (sulfide) groups is 1. The summed E-state index contributed by atoms with van der Waals surface area (Å²) in [6.07, 6.45) is 5.40. The highest BCUT2D eigenvalue weighted by molar-refractivity contribution is 7.99. The minimum absolute atomic E-state index is 0.103. The Kier molecular flexibility index (Phi) is 6.49. The molecule has 0 unspecified atom stereocenters. The van der Waals surface area contributed by atoms with Crippen LogP contribution in [-0.2, 0) is 17.0 Å². The van der Waals surface area contributed by atoms with E-state index in [1.54, 1.807) is 11.8 Å². The minimum atomic E-state index is -0.117. The maximum atomic E-state index is 12.5. The maximum Gasteiger partial charge on any atom is 0.251 e. The van der Waals surface area contributed by atoms with Crippen LogP contribution in [0.4, 0.5) is 0 Å². The Morgan fingerprint density at radius 3 is 2.68 bits per heavy atom. The quantitative estimate of drug-likeness (QED) is 0.903. The predicted octanol–water partition coefficient (Wildman–Crippen LogP) is 2.36. The molecule has 1 N–H and O–H groups in total. The number of carbonyl (C=O) groups is 1. The first-order valence-corrected chi connectivity index (χ1v) is 9.14. The van der Waals surface area contributed by atoms with Gasteiger partial charge in [-0.1, -0.05) is 19.8 Å². The van der Waals surface area contributed by atoms with Gasteiger partial charge in [-0.3, -0.25) is 9.59 Å². The van der Waals surface area contributed by atoms with Gasteiger partial charge in [-0.25, -0.2) is 4.98 Å². The van der Waals surface area contributed by atoms with Gasteiger partial charge in [-0.05, 0) is 26.2 Å². The number of carbonyl (C=O) groups excluding carboxylic acids is 1. The van der Waals surface area contributed by atoms with Crippen LogP contribution in [0.25, 0.3) is 0 Å². The molecule has 0 aromatic carbocycles. The van der Waals surface area contributed by atoms with Gasteiger partial charge in [0.05, 0.1) is 11.0 Å². The summed E-state index contributed by atoms with van der Waals surface area (Å²) in [5.74, 6) is 1.43. The number of aromatic amines is 1.